The minimum atomic E-state index is -0.640. The third-order valence-corrected chi connectivity index (χ3v) is 3.43. The molecular formula is C13H21N4O6+. The van der Waals surface area contributed by atoms with E-state index in [1.165, 1.54) is 4.79 Å². The Morgan fingerprint density at radius 1 is 1.52 bits per heavy atom. The monoisotopic (exact) mass is 329 g/mol. The molecule has 0 aromatic carbocycles. The second-order valence-corrected chi connectivity index (χ2v) is 5.73. The highest BCUT2D eigenvalue weighted by Crippen LogP contribution is 2.22. The molecular weight excluding hydrogens is 308 g/mol. The zero-order valence-electron chi connectivity index (χ0n) is 13.2. The van der Waals surface area contributed by atoms with Crippen molar-refractivity contribution in [3.8, 4) is 0 Å². The summed E-state index contributed by atoms with van der Waals surface area (Å²) in [5.41, 5.74) is 0. The van der Waals surface area contributed by atoms with Crippen LogP contribution in [-0.4, -0.2) is 62.8 Å². The number of morpholine rings is 1. The average molecular weight is 329 g/mol. The van der Waals surface area contributed by atoms with Gasteiger partial charge in [0, 0.05) is 0 Å². The lowest BCUT2D eigenvalue weighted by Gasteiger charge is -2.18. The van der Waals surface area contributed by atoms with Gasteiger partial charge in [-0.3, -0.25) is 9.84 Å². The molecule has 1 aromatic rings. The van der Waals surface area contributed by atoms with Gasteiger partial charge in [-0.25, -0.2) is 4.79 Å². The highest BCUT2D eigenvalue weighted by molar-refractivity contribution is 5.82. The molecule has 10 heteroatoms. The van der Waals surface area contributed by atoms with Crippen LogP contribution in [0.15, 0.2) is 10.7 Å². The molecule has 0 aliphatic carbocycles. The lowest BCUT2D eigenvalue weighted by Crippen LogP contribution is -2.62. The molecule has 0 spiro atoms. The third-order valence-electron chi connectivity index (χ3n) is 3.43. The van der Waals surface area contributed by atoms with Crippen LogP contribution in [0.3, 0.4) is 0 Å². The van der Waals surface area contributed by atoms with E-state index in [0.717, 1.165) is 0 Å². The van der Waals surface area contributed by atoms with Gasteiger partial charge in [-0.15, -0.1) is 5.01 Å². The van der Waals surface area contributed by atoms with Gasteiger partial charge < -0.3 is 18.9 Å². The zero-order valence-corrected chi connectivity index (χ0v) is 13.2. The number of hydrogen-bond acceptors (Lipinski definition) is 8. The lowest BCUT2D eigenvalue weighted by molar-refractivity contribution is -0.759. The predicted octanol–water partition coefficient (Wildman–Crippen LogP) is -0.370. The van der Waals surface area contributed by atoms with Gasteiger partial charge in [0.2, 0.25) is 5.27 Å². The van der Waals surface area contributed by atoms with Crippen molar-refractivity contribution < 1.29 is 33.1 Å². The summed E-state index contributed by atoms with van der Waals surface area (Å²) in [4.78, 5) is 13.3. The van der Waals surface area contributed by atoms with Crippen molar-refractivity contribution in [1.29, 1.82) is 0 Å². The predicted molar refractivity (Wildman–Crippen MR) is 75.3 cm³/mol. The van der Waals surface area contributed by atoms with Gasteiger partial charge in [0.25, 0.3) is 6.20 Å². The van der Waals surface area contributed by atoms with Crippen molar-refractivity contribution in [3.63, 3.8) is 0 Å². The van der Waals surface area contributed by atoms with E-state index < -0.39 is 11.9 Å². The number of amides is 1. The fourth-order valence-corrected chi connectivity index (χ4v) is 2.34. The highest BCUT2D eigenvalue weighted by Gasteiger charge is 2.33. The second-order valence-electron chi connectivity index (χ2n) is 5.73. The summed E-state index contributed by atoms with van der Waals surface area (Å²) in [6.07, 6.45) is 0.664. The topological polar surface area (TPSA) is 99.2 Å². The third kappa shape index (κ3) is 4.30. The summed E-state index contributed by atoms with van der Waals surface area (Å²) >= 11 is 0. The first-order chi connectivity index (χ1) is 11.0. The standard InChI is InChI=1S/C13H20N4O6/c1-13(2)21-9-10(22-13)8-20-12(18)14-11-7-17(15-23-11)16-3-5-19-6-4-16/h7,10H,3-6,8-9H2,1-2H3/p+1. The van der Waals surface area contributed by atoms with Crippen molar-refractivity contribution in [2.45, 2.75) is 25.7 Å². The number of nitrogens with one attached hydrogen (secondary N) is 1. The maximum absolute atomic E-state index is 11.8. The molecule has 1 aromatic heterocycles. The fraction of sp³-hybridized carbons (Fsp3) is 0.769. The number of carbonyl (C=O) groups is 1. The summed E-state index contributed by atoms with van der Waals surface area (Å²) < 4.78 is 26.4. The number of nitrogens with zero attached hydrogens (tertiary/aromatic N) is 3. The van der Waals surface area contributed by atoms with Gasteiger partial charge in [-0.2, -0.15) is 0 Å². The molecule has 1 N–H and O–H groups in total. The first-order valence-corrected chi connectivity index (χ1v) is 7.49. The van der Waals surface area contributed by atoms with E-state index in [0.29, 0.717) is 32.9 Å². The van der Waals surface area contributed by atoms with E-state index in [2.05, 4.69) is 10.6 Å². The largest absolute Gasteiger partial charge is 0.446 e. The van der Waals surface area contributed by atoms with Crippen LogP contribution in [0, 0.1) is 0 Å². The Morgan fingerprint density at radius 3 is 3.00 bits per heavy atom. The number of carbonyl (C=O) groups excluding carboxylic acids is 1. The van der Waals surface area contributed by atoms with Crippen LogP contribution in [0.2, 0.25) is 0 Å². The minimum Gasteiger partial charge on any atom is -0.446 e. The Hall–Kier alpha value is -1.91. The number of hydrogen-bond donors (Lipinski definition) is 1. The van der Waals surface area contributed by atoms with Crippen LogP contribution in [0.25, 0.3) is 0 Å². The smallest absolute Gasteiger partial charge is 0.414 e. The molecule has 3 rings (SSSR count). The first-order valence-electron chi connectivity index (χ1n) is 7.49. The summed E-state index contributed by atoms with van der Waals surface area (Å²) in [5.74, 6) is -0.440. The van der Waals surface area contributed by atoms with E-state index in [1.54, 1.807) is 6.20 Å². The Morgan fingerprint density at radius 2 is 2.30 bits per heavy atom. The van der Waals surface area contributed by atoms with Gasteiger partial charge in [0.05, 0.1) is 37.7 Å². The van der Waals surface area contributed by atoms with Crippen LogP contribution >= 0.6 is 0 Å². The summed E-state index contributed by atoms with van der Waals surface area (Å²) in [5, 5.41) is 8.27. The second kappa shape index (κ2) is 6.69. The summed E-state index contributed by atoms with van der Waals surface area (Å²) in [7, 11) is 0. The van der Waals surface area contributed by atoms with Gasteiger partial charge in [0.1, 0.15) is 12.7 Å². The van der Waals surface area contributed by atoms with Crippen LogP contribution < -0.4 is 15.1 Å². The zero-order chi connectivity index (χ0) is 16.3. The molecule has 0 bridgehead atoms. The molecule has 3 heterocycles. The van der Waals surface area contributed by atoms with Crippen molar-refractivity contribution in [2.24, 2.45) is 0 Å². The Labute approximate surface area is 133 Å². The number of ether oxygens (including phenoxy) is 4. The molecule has 23 heavy (non-hydrogen) atoms. The molecule has 128 valence electrons. The normalized spacial score (nSPS) is 23.7. The molecule has 2 fully saturated rings. The molecule has 2 aliphatic rings. The molecule has 1 amide bonds. The van der Waals surface area contributed by atoms with Gasteiger partial charge in [-0.05, 0) is 13.8 Å². The van der Waals surface area contributed by atoms with Crippen LogP contribution in [0.4, 0.5) is 10.7 Å². The van der Waals surface area contributed by atoms with Crippen molar-refractivity contribution >= 4 is 12.0 Å². The number of aromatic nitrogens is 2. The van der Waals surface area contributed by atoms with Gasteiger partial charge >= 0.3 is 12.0 Å². The van der Waals surface area contributed by atoms with E-state index >= 15 is 0 Å². The molecule has 1 unspecified atom stereocenters. The summed E-state index contributed by atoms with van der Waals surface area (Å²) in [6, 6.07) is 0. The van der Waals surface area contributed by atoms with E-state index in [1.807, 2.05) is 18.9 Å². The van der Waals surface area contributed by atoms with Crippen LogP contribution in [-0.2, 0) is 18.9 Å². The van der Waals surface area contributed by atoms with E-state index in [9.17, 15) is 4.79 Å². The Kier molecular flexibility index (Phi) is 4.64. The molecule has 2 aliphatic heterocycles. The molecule has 0 radical (unpaired) electrons. The van der Waals surface area contributed by atoms with Crippen LogP contribution in [0.1, 0.15) is 13.8 Å². The highest BCUT2D eigenvalue weighted by atomic mass is 16.7. The van der Waals surface area contributed by atoms with Crippen LogP contribution in [0.5, 0.6) is 0 Å². The molecule has 2 saturated heterocycles. The SMILES string of the molecule is CC1(C)OCC(COC(=O)Nc2c[n+](N3CCOCC3)no2)O1. The average Bonchev–Trinajstić information content (AvgIpc) is 3.12. The fourth-order valence-electron chi connectivity index (χ4n) is 2.34. The quantitative estimate of drug-likeness (QED) is 0.747. The number of anilines is 1. The summed E-state index contributed by atoms with van der Waals surface area (Å²) in [6.45, 7) is 6.78. The van der Waals surface area contributed by atoms with E-state index in [4.69, 9.17) is 23.5 Å². The minimum absolute atomic E-state index is 0.104. The van der Waals surface area contributed by atoms with Gasteiger partial charge in [-0.1, -0.05) is 0 Å². The number of rotatable bonds is 4. The first kappa shape index (κ1) is 16.0. The maximum atomic E-state index is 11.8. The lowest BCUT2D eigenvalue weighted by atomic mass is 10.4. The van der Waals surface area contributed by atoms with Crippen molar-refractivity contribution in [3.05, 3.63) is 6.20 Å². The van der Waals surface area contributed by atoms with Crippen molar-refractivity contribution in [2.75, 3.05) is 49.8 Å². The maximum Gasteiger partial charge on any atom is 0.414 e. The van der Waals surface area contributed by atoms with E-state index in [-0.39, 0.29) is 18.6 Å². The molecule has 0 saturated carbocycles. The molecule has 1 atom stereocenters. The Bertz CT molecular complexity index is 542. The molecule has 10 nitrogen and oxygen atoms in total. The van der Waals surface area contributed by atoms with Crippen molar-refractivity contribution in [1.82, 2.24) is 5.27 Å². The van der Waals surface area contributed by atoms with Gasteiger partial charge in [0.15, 0.2) is 5.79 Å². The Balaban J connectivity index is 1.44.